The number of benzene rings is 2. The summed E-state index contributed by atoms with van der Waals surface area (Å²) in [5, 5.41) is 0. The van der Waals surface area contributed by atoms with Gasteiger partial charge >= 0.3 is 0 Å². The minimum atomic E-state index is 0.214. The van der Waals surface area contributed by atoms with Crippen LogP contribution in [0.25, 0.3) is 12.2 Å². The van der Waals surface area contributed by atoms with Crippen LogP contribution in [0, 0.1) is 0 Å². The summed E-state index contributed by atoms with van der Waals surface area (Å²) in [7, 11) is 0. The molecule has 2 aromatic carbocycles. The average molecular weight is 319 g/mol. The van der Waals surface area contributed by atoms with Gasteiger partial charge in [-0.2, -0.15) is 0 Å². The third kappa shape index (κ3) is 5.85. The topological polar surface area (TPSA) is 0 Å². The van der Waals surface area contributed by atoms with Gasteiger partial charge in [-0.1, -0.05) is 107 Å². The van der Waals surface area contributed by atoms with Crippen molar-refractivity contribution < 1.29 is 0 Å². The Kier molecular flexibility index (Phi) is 6.61. The molecule has 0 heteroatoms. The van der Waals surface area contributed by atoms with Crippen molar-refractivity contribution in [2.45, 2.75) is 52.4 Å². The van der Waals surface area contributed by atoms with Crippen molar-refractivity contribution >= 4 is 12.2 Å². The van der Waals surface area contributed by atoms with Gasteiger partial charge in [0.1, 0.15) is 0 Å². The molecular weight excluding hydrogens is 288 g/mol. The van der Waals surface area contributed by atoms with Crippen LogP contribution >= 0.6 is 0 Å². The van der Waals surface area contributed by atoms with E-state index in [1.54, 1.807) is 0 Å². The molecule has 0 aliphatic heterocycles. The monoisotopic (exact) mass is 318 g/mol. The predicted octanol–water partition coefficient (Wildman–Crippen LogP) is 7.05. The van der Waals surface area contributed by atoms with Gasteiger partial charge in [-0.25, -0.2) is 0 Å². The van der Waals surface area contributed by atoms with Gasteiger partial charge in [-0.05, 0) is 40.5 Å². The lowest BCUT2D eigenvalue weighted by Gasteiger charge is -2.18. The number of rotatable bonds is 6. The first kappa shape index (κ1) is 18.3. The zero-order valence-electron chi connectivity index (χ0n) is 15.5. The third-order valence-corrected chi connectivity index (χ3v) is 4.26. The summed E-state index contributed by atoms with van der Waals surface area (Å²) in [6.07, 6.45) is 12.2. The molecule has 0 heterocycles. The van der Waals surface area contributed by atoms with Crippen LogP contribution in [-0.2, 0) is 11.8 Å². The zero-order chi connectivity index (χ0) is 17.4. The fourth-order valence-corrected chi connectivity index (χ4v) is 2.60. The van der Waals surface area contributed by atoms with Crippen molar-refractivity contribution in [3.05, 3.63) is 82.9 Å². The van der Waals surface area contributed by atoms with Crippen LogP contribution in [-0.4, -0.2) is 0 Å². The Balaban J connectivity index is 1.92. The molecule has 0 spiro atoms. The largest absolute Gasteiger partial charge is 0.0654 e. The van der Waals surface area contributed by atoms with E-state index in [4.69, 9.17) is 0 Å². The number of allylic oxidation sites excluding steroid dienone is 2. The highest BCUT2D eigenvalue weighted by Gasteiger charge is 2.12. The van der Waals surface area contributed by atoms with Gasteiger partial charge in [0.25, 0.3) is 0 Å². The number of aryl methyl sites for hydroxylation is 1. The molecule has 2 aromatic rings. The summed E-state index contributed by atoms with van der Waals surface area (Å²) < 4.78 is 0. The van der Waals surface area contributed by atoms with E-state index in [1.165, 1.54) is 41.5 Å². The van der Waals surface area contributed by atoms with Gasteiger partial charge in [-0.3, -0.25) is 0 Å². The van der Waals surface area contributed by atoms with Crippen LogP contribution in [0.5, 0.6) is 0 Å². The molecule has 2 rings (SSSR count). The highest BCUT2D eigenvalue weighted by molar-refractivity contribution is 5.57. The molecule has 24 heavy (non-hydrogen) atoms. The molecular formula is C24H30. The van der Waals surface area contributed by atoms with Crippen LogP contribution in [0.3, 0.4) is 0 Å². The van der Waals surface area contributed by atoms with Crippen molar-refractivity contribution in [3.63, 3.8) is 0 Å². The van der Waals surface area contributed by atoms with E-state index in [1.807, 2.05) is 0 Å². The Labute approximate surface area is 147 Å². The van der Waals surface area contributed by atoms with Gasteiger partial charge in [0.15, 0.2) is 0 Å². The first-order valence-corrected chi connectivity index (χ1v) is 9.03. The Hall–Kier alpha value is -2.08. The maximum absolute atomic E-state index is 2.24. The van der Waals surface area contributed by atoms with E-state index in [-0.39, 0.29) is 5.41 Å². The van der Waals surface area contributed by atoms with Crippen LogP contribution < -0.4 is 0 Å². The highest BCUT2D eigenvalue weighted by atomic mass is 14.2. The van der Waals surface area contributed by atoms with Gasteiger partial charge in [0, 0.05) is 0 Å². The van der Waals surface area contributed by atoms with E-state index >= 15 is 0 Å². The highest BCUT2D eigenvalue weighted by Crippen LogP contribution is 2.22. The summed E-state index contributed by atoms with van der Waals surface area (Å²) in [5.74, 6) is 0. The lowest BCUT2D eigenvalue weighted by molar-refractivity contribution is 0.590. The van der Waals surface area contributed by atoms with Crippen molar-refractivity contribution in [2.24, 2.45) is 0 Å². The lowest BCUT2D eigenvalue weighted by atomic mass is 9.87. The molecule has 0 fully saturated rings. The van der Waals surface area contributed by atoms with E-state index in [2.05, 4.69) is 101 Å². The Morgan fingerprint density at radius 1 is 0.750 bits per heavy atom. The zero-order valence-corrected chi connectivity index (χ0v) is 15.5. The van der Waals surface area contributed by atoms with Crippen molar-refractivity contribution in [1.29, 1.82) is 0 Å². The second kappa shape index (κ2) is 8.68. The summed E-state index contributed by atoms with van der Waals surface area (Å²) in [6.45, 7) is 8.97. The Morgan fingerprint density at radius 3 is 1.71 bits per heavy atom. The molecule has 0 aromatic heterocycles. The van der Waals surface area contributed by atoms with Crippen LogP contribution in [0.1, 0.15) is 62.8 Å². The minimum Gasteiger partial charge on any atom is -0.0654 e. The quantitative estimate of drug-likeness (QED) is 0.500. The van der Waals surface area contributed by atoms with Gasteiger partial charge < -0.3 is 0 Å². The Bertz CT molecular complexity index is 661. The summed E-state index contributed by atoms with van der Waals surface area (Å²) >= 11 is 0. The van der Waals surface area contributed by atoms with Crippen LogP contribution in [0.15, 0.2) is 60.7 Å². The van der Waals surface area contributed by atoms with Gasteiger partial charge in [-0.15, -0.1) is 0 Å². The van der Waals surface area contributed by atoms with E-state index in [0.29, 0.717) is 0 Å². The molecule has 0 atom stereocenters. The molecule has 0 unspecified atom stereocenters. The predicted molar refractivity (Wildman–Crippen MR) is 108 cm³/mol. The van der Waals surface area contributed by atoms with E-state index in [0.717, 1.165) is 0 Å². The van der Waals surface area contributed by atoms with E-state index < -0.39 is 0 Å². The first-order valence-electron chi connectivity index (χ1n) is 9.03. The number of hydrogen-bond donors (Lipinski definition) is 0. The molecule has 0 saturated carbocycles. The standard InChI is InChI=1S/C24H30/c1-5-6-9-20-12-14-21(15-13-20)10-7-8-11-22-16-18-23(19-17-22)24(2,3)4/h7-8,10-19H,5-6,9H2,1-4H3. The number of unbranched alkanes of at least 4 members (excludes halogenated alkanes) is 1. The normalized spacial score (nSPS) is 12.3. The molecule has 0 aliphatic rings. The molecule has 0 saturated heterocycles. The van der Waals surface area contributed by atoms with Gasteiger partial charge in [0.05, 0.1) is 0 Å². The smallest absolute Gasteiger partial charge is 0.0132 e. The van der Waals surface area contributed by atoms with Gasteiger partial charge in [0.2, 0.25) is 0 Å². The number of hydrogen-bond acceptors (Lipinski definition) is 0. The fraction of sp³-hybridized carbons (Fsp3) is 0.333. The second-order valence-corrected chi connectivity index (χ2v) is 7.44. The molecule has 0 nitrogen and oxygen atoms in total. The van der Waals surface area contributed by atoms with Crippen LogP contribution in [0.2, 0.25) is 0 Å². The van der Waals surface area contributed by atoms with Crippen molar-refractivity contribution in [3.8, 4) is 0 Å². The summed E-state index contributed by atoms with van der Waals surface area (Å²) in [5.41, 5.74) is 5.51. The fourth-order valence-electron chi connectivity index (χ4n) is 2.60. The summed E-state index contributed by atoms with van der Waals surface area (Å²) in [4.78, 5) is 0. The maximum Gasteiger partial charge on any atom is -0.0132 e. The lowest BCUT2D eigenvalue weighted by Crippen LogP contribution is -2.10. The molecule has 0 amide bonds. The molecule has 0 N–H and O–H groups in total. The Morgan fingerprint density at radius 2 is 1.25 bits per heavy atom. The molecule has 0 radical (unpaired) electrons. The maximum atomic E-state index is 2.24. The molecule has 0 bridgehead atoms. The minimum absolute atomic E-state index is 0.214. The first-order chi connectivity index (χ1) is 11.5. The second-order valence-electron chi connectivity index (χ2n) is 7.44. The van der Waals surface area contributed by atoms with Crippen molar-refractivity contribution in [1.82, 2.24) is 0 Å². The van der Waals surface area contributed by atoms with E-state index in [9.17, 15) is 0 Å². The van der Waals surface area contributed by atoms with Crippen LogP contribution in [0.4, 0.5) is 0 Å². The third-order valence-electron chi connectivity index (χ3n) is 4.26. The van der Waals surface area contributed by atoms with Crippen molar-refractivity contribution in [2.75, 3.05) is 0 Å². The molecule has 126 valence electrons. The molecule has 0 aliphatic carbocycles. The summed E-state index contributed by atoms with van der Waals surface area (Å²) in [6, 6.07) is 17.7. The SMILES string of the molecule is CCCCc1ccc(C=CC=Cc2ccc(C(C)(C)C)cc2)cc1. The average Bonchev–Trinajstić information content (AvgIpc) is 2.57.